The van der Waals surface area contributed by atoms with Gasteiger partial charge in [0.15, 0.2) is 0 Å². The van der Waals surface area contributed by atoms with Crippen LogP contribution >= 0.6 is 39.7 Å². The third-order valence-corrected chi connectivity index (χ3v) is 3.15. The monoisotopic (exact) mass is 396 g/mol. The van der Waals surface area contributed by atoms with Crippen molar-refractivity contribution >= 4 is 51.6 Å². The quantitative estimate of drug-likeness (QED) is 0.395. The van der Waals surface area contributed by atoms with Crippen LogP contribution in [0.1, 0.15) is 5.56 Å². The Morgan fingerprint density at radius 3 is 2.24 bits per heavy atom. The Bertz CT molecular complexity index is 593. The van der Waals surface area contributed by atoms with Crippen molar-refractivity contribution in [3.05, 3.63) is 54.1 Å². The third-order valence-electron chi connectivity index (χ3n) is 2.36. The number of hydrogen-bond donors (Lipinski definition) is 1. The van der Waals surface area contributed by atoms with E-state index in [9.17, 15) is 5.11 Å². The van der Waals surface area contributed by atoms with Crippen molar-refractivity contribution in [1.29, 1.82) is 0 Å². The van der Waals surface area contributed by atoms with E-state index in [2.05, 4.69) is 4.99 Å². The average molecular weight is 398 g/mol. The van der Waals surface area contributed by atoms with Gasteiger partial charge in [0.1, 0.15) is 5.75 Å². The molecule has 0 saturated carbocycles. The van der Waals surface area contributed by atoms with E-state index in [0.29, 0.717) is 0 Å². The van der Waals surface area contributed by atoms with Crippen molar-refractivity contribution < 1.29 is 19.8 Å². The van der Waals surface area contributed by atoms with Crippen LogP contribution in [0, 0.1) is 0 Å². The number of aliphatic imine (C=N–C) groups is 1. The molecule has 0 fully saturated rings. The van der Waals surface area contributed by atoms with E-state index >= 15 is 0 Å². The Hall–Kier alpha value is -0.156. The molecule has 0 aliphatic rings. The van der Waals surface area contributed by atoms with Gasteiger partial charge >= 0.3 is 42.6 Å². The summed E-state index contributed by atoms with van der Waals surface area (Å²) >= 11 is -0.258. The number of hydrogen-bond acceptors (Lipinski definition) is 3. The number of rotatable bonds is 3. The zero-order valence-corrected chi connectivity index (χ0v) is 15.8. The maximum atomic E-state index is 9.62. The van der Waals surface area contributed by atoms with Crippen molar-refractivity contribution in [3.63, 3.8) is 0 Å². The molecule has 0 aliphatic heterocycles. The second-order valence-electron chi connectivity index (χ2n) is 3.70. The van der Waals surface area contributed by atoms with Crippen LogP contribution in [0.2, 0.25) is 0 Å². The van der Waals surface area contributed by atoms with E-state index < -0.39 is 14.7 Å². The summed E-state index contributed by atoms with van der Waals surface area (Å²) in [4.78, 5) is 5.53. The van der Waals surface area contributed by atoms with Crippen LogP contribution in [0.15, 0.2) is 58.4 Å². The molecule has 0 atom stereocenters. The van der Waals surface area contributed by atoms with Crippen LogP contribution in [-0.4, -0.2) is 17.6 Å². The van der Waals surface area contributed by atoms with Gasteiger partial charge in [0.2, 0.25) is 0 Å². The molecule has 0 heterocycles. The summed E-state index contributed by atoms with van der Waals surface area (Å²) in [5.74, 6) is 0.248. The minimum atomic E-state index is -1.92. The number of phenols is 1. The van der Waals surface area contributed by atoms with Crippen LogP contribution in [0.5, 0.6) is 5.75 Å². The summed E-state index contributed by atoms with van der Waals surface area (Å²) in [5.41, 5.74) is 1.65. The first-order valence-electron chi connectivity index (χ1n) is 5.83. The number of benzene rings is 2. The number of para-hydroxylation sites is 2. The van der Waals surface area contributed by atoms with Gasteiger partial charge < -0.3 is 5.11 Å². The van der Waals surface area contributed by atoms with E-state index in [1.54, 1.807) is 30.1 Å². The number of halogens is 3. The van der Waals surface area contributed by atoms with Gasteiger partial charge in [0.25, 0.3) is 0 Å². The summed E-state index contributed by atoms with van der Waals surface area (Å²) in [6, 6.07) is 15.1. The molecule has 0 unspecified atom stereocenters. The van der Waals surface area contributed by atoms with E-state index in [4.69, 9.17) is 27.9 Å². The number of thioether (sulfide) groups is 1. The first kappa shape index (κ1) is 18.9. The van der Waals surface area contributed by atoms with Crippen LogP contribution in [0.25, 0.3) is 0 Å². The fourth-order valence-corrected chi connectivity index (χ4v) is 2.02. The van der Waals surface area contributed by atoms with E-state index in [-0.39, 0.29) is 5.75 Å². The molecule has 0 aliphatic carbocycles. The van der Waals surface area contributed by atoms with E-state index in [1.165, 1.54) is 0 Å². The maximum absolute atomic E-state index is 9.62. The number of nitrogens with zero attached hydrogens (tertiary/aromatic N) is 1. The van der Waals surface area contributed by atoms with Gasteiger partial charge in [0, 0.05) is 16.7 Å². The minimum absolute atomic E-state index is 0.248. The van der Waals surface area contributed by atoms with Gasteiger partial charge in [-0.05, 0) is 30.5 Å². The predicted molar refractivity (Wildman–Crippen MR) is 91.1 cm³/mol. The molecular weight excluding hydrogens is 384 g/mol. The molecule has 0 aromatic heterocycles. The van der Waals surface area contributed by atoms with Gasteiger partial charge in [-0.2, -0.15) is 0 Å². The molecule has 111 valence electrons. The molecule has 0 radical (unpaired) electrons. The summed E-state index contributed by atoms with van der Waals surface area (Å²) in [7, 11) is 14.9. The van der Waals surface area contributed by atoms with E-state index in [0.717, 1.165) is 16.1 Å². The molecule has 2 aromatic carbocycles. The Balaban J connectivity index is 0.000000491. The van der Waals surface area contributed by atoms with Crippen molar-refractivity contribution in [1.82, 2.24) is 0 Å². The third kappa shape index (κ3) is 7.59. The fourth-order valence-electron chi connectivity index (χ4n) is 1.47. The summed E-state index contributed by atoms with van der Waals surface area (Å²) < 4.78 is 0. The number of aromatic hydroxyl groups is 1. The number of phenolic OH excluding ortho intramolecular Hbond substituents is 1. The standard InChI is InChI=1S/C14H13NOS.3ClH.Ti/c1-17-14-9-5-3-7-12(14)15-10-11-6-2-4-8-13(11)16;;;;/h2-10,16H,1H3;3*1H;/q;;;;+3/p-3. The predicted octanol–water partition coefficient (Wildman–Crippen LogP) is 5.93. The van der Waals surface area contributed by atoms with Gasteiger partial charge in [-0.3, -0.25) is 4.99 Å². The first-order chi connectivity index (χ1) is 10.0. The topological polar surface area (TPSA) is 32.6 Å². The average Bonchev–Trinajstić information content (AvgIpc) is 2.46. The first-order valence-corrected chi connectivity index (χ1v) is 13.5. The van der Waals surface area contributed by atoms with Crippen LogP contribution in [0.4, 0.5) is 5.69 Å². The van der Waals surface area contributed by atoms with Gasteiger partial charge in [-0.25, -0.2) is 0 Å². The Labute approximate surface area is 146 Å². The zero-order chi connectivity index (χ0) is 15.7. The molecule has 2 aromatic rings. The second-order valence-corrected chi connectivity index (χ2v) is 12.3. The Morgan fingerprint density at radius 1 is 1.05 bits per heavy atom. The molecule has 0 bridgehead atoms. The molecular formula is C14H13Cl3NOSTi. The summed E-state index contributed by atoms with van der Waals surface area (Å²) in [6.45, 7) is 0. The van der Waals surface area contributed by atoms with Gasteiger partial charge in [0.05, 0.1) is 5.69 Å². The molecule has 21 heavy (non-hydrogen) atoms. The zero-order valence-electron chi connectivity index (χ0n) is 11.1. The second kappa shape index (κ2) is 10.6. The van der Waals surface area contributed by atoms with Crippen LogP contribution in [-0.2, 0) is 14.7 Å². The van der Waals surface area contributed by atoms with Crippen LogP contribution in [0.3, 0.4) is 0 Å². The molecule has 1 N–H and O–H groups in total. The molecule has 2 nitrogen and oxygen atoms in total. The molecule has 0 saturated heterocycles. The SMILES string of the molecule is CSc1ccccc1N=Cc1ccccc1O.[Cl][Ti]([Cl])[Cl]. The Kier molecular flexibility index (Phi) is 9.49. The van der Waals surface area contributed by atoms with Crippen LogP contribution < -0.4 is 0 Å². The van der Waals surface area contributed by atoms with Crippen molar-refractivity contribution in [2.45, 2.75) is 4.90 Å². The van der Waals surface area contributed by atoms with E-state index in [1.807, 2.05) is 42.7 Å². The summed E-state index contributed by atoms with van der Waals surface area (Å²) in [5, 5.41) is 9.62. The molecule has 0 spiro atoms. The molecule has 2 rings (SSSR count). The van der Waals surface area contributed by atoms with Gasteiger partial charge in [-0.1, -0.05) is 24.3 Å². The van der Waals surface area contributed by atoms with Gasteiger partial charge in [-0.15, -0.1) is 11.8 Å². The van der Waals surface area contributed by atoms with Crippen molar-refractivity contribution in [2.75, 3.05) is 6.26 Å². The normalized spacial score (nSPS) is 10.1. The van der Waals surface area contributed by atoms with Crippen molar-refractivity contribution in [2.24, 2.45) is 4.99 Å². The fraction of sp³-hybridized carbons (Fsp3) is 0.0714. The van der Waals surface area contributed by atoms with Crippen molar-refractivity contribution in [3.8, 4) is 5.75 Å². The molecule has 7 heteroatoms. The molecule has 0 amide bonds. The summed E-state index contributed by atoms with van der Waals surface area (Å²) in [6.07, 6.45) is 3.71. The Morgan fingerprint density at radius 2 is 1.62 bits per heavy atom.